The van der Waals surface area contributed by atoms with Crippen molar-refractivity contribution in [2.45, 2.75) is 32.6 Å². The smallest absolute Gasteiger partial charge is 0.242 e. The van der Waals surface area contributed by atoms with Gasteiger partial charge in [-0.05, 0) is 80.0 Å². The number of hydrogen-bond donors (Lipinski definition) is 1. The van der Waals surface area contributed by atoms with Gasteiger partial charge in [-0.3, -0.25) is 28.8 Å². The molecule has 1 N–H and O–H groups in total. The molecule has 2 aromatic heterocycles. The number of amides is 4. The molecule has 6 atom stereocenters. The average Bonchev–Trinajstić information content (AvgIpc) is 3.70. The third-order valence-corrected chi connectivity index (χ3v) is 12.8. The quantitative estimate of drug-likeness (QED) is 0.195. The van der Waals surface area contributed by atoms with Gasteiger partial charge in [0.2, 0.25) is 23.6 Å². The highest BCUT2D eigenvalue weighted by molar-refractivity contribution is 7.22. The van der Waals surface area contributed by atoms with E-state index in [-0.39, 0.29) is 24.0 Å². The molecule has 6 unspecified atom stereocenters. The molecule has 2 aliphatic carbocycles. The predicted octanol–water partition coefficient (Wildman–Crippen LogP) is 6.48. The second-order valence-electron chi connectivity index (χ2n) is 13.3. The van der Waals surface area contributed by atoms with E-state index in [1.54, 1.807) is 48.2 Å². The van der Waals surface area contributed by atoms with Crippen LogP contribution in [0, 0.1) is 36.0 Å². The van der Waals surface area contributed by atoms with Crippen LogP contribution in [0.5, 0.6) is 5.75 Å². The number of aromatic nitrogens is 2. The van der Waals surface area contributed by atoms with E-state index in [0.29, 0.717) is 33.5 Å². The number of aryl methyl sites for hydroxylation is 2. The van der Waals surface area contributed by atoms with Gasteiger partial charge in [-0.2, -0.15) is 5.10 Å². The van der Waals surface area contributed by atoms with E-state index in [0.717, 1.165) is 26.1 Å². The zero-order valence-corrected chi connectivity index (χ0v) is 28.3. The molecule has 0 bridgehead atoms. The minimum absolute atomic E-state index is 0.0594. The van der Waals surface area contributed by atoms with Crippen LogP contribution in [0.2, 0.25) is 10.0 Å². The molecule has 2 saturated heterocycles. The molecule has 4 heterocycles. The van der Waals surface area contributed by atoms with E-state index in [1.807, 2.05) is 31.2 Å². The van der Waals surface area contributed by atoms with Crippen LogP contribution in [0.1, 0.15) is 36.8 Å². The number of anilines is 1. The van der Waals surface area contributed by atoms with Crippen LogP contribution in [0.4, 0.5) is 5.82 Å². The van der Waals surface area contributed by atoms with Gasteiger partial charge in [0.05, 0.1) is 28.0 Å². The van der Waals surface area contributed by atoms with E-state index in [4.69, 9.17) is 28.3 Å². The highest BCUT2D eigenvalue weighted by Gasteiger charge is 2.68. The van der Waals surface area contributed by atoms with E-state index in [9.17, 15) is 24.3 Å². The van der Waals surface area contributed by atoms with Crippen LogP contribution in [0.3, 0.4) is 0 Å². The first kappa shape index (κ1) is 30.4. The first-order valence-electron chi connectivity index (χ1n) is 15.4. The number of fused-ring (bicyclic) bond motifs is 5. The van der Waals surface area contributed by atoms with Crippen molar-refractivity contribution in [2.24, 2.45) is 36.1 Å². The summed E-state index contributed by atoms with van der Waals surface area (Å²) in [7, 11) is 3.20. The Morgan fingerprint density at radius 1 is 0.957 bits per heavy atom. The Labute approximate surface area is 284 Å². The molecule has 12 heteroatoms. The van der Waals surface area contributed by atoms with Crippen molar-refractivity contribution in [3.05, 3.63) is 75.3 Å². The number of hydrogen-bond acceptors (Lipinski definition) is 7. The monoisotopic (exact) mass is 688 g/mol. The second kappa shape index (κ2) is 10.3. The summed E-state index contributed by atoms with van der Waals surface area (Å²) >= 11 is 14.3. The molecule has 3 fully saturated rings. The Morgan fingerprint density at radius 3 is 2.45 bits per heavy atom. The maximum atomic E-state index is 14.8. The topological polar surface area (TPSA) is 113 Å². The van der Waals surface area contributed by atoms with Crippen molar-refractivity contribution in [3.8, 4) is 16.3 Å². The Bertz CT molecular complexity index is 2140. The molecule has 4 aromatic rings. The van der Waals surface area contributed by atoms with Gasteiger partial charge < -0.3 is 5.11 Å². The van der Waals surface area contributed by atoms with E-state index in [2.05, 4.69) is 0 Å². The highest BCUT2D eigenvalue weighted by atomic mass is 35.5. The standard InChI is InChI=1S/C35H30Cl2N4O5S/c1-15-20-11-17(37)6-10-26(20)47-30(15)24-14-27(40(4)38-24)41-32(44)23-13-21-18(7-8-19-28(21)33(45)39(3)31(19)43)29(35(23,2)34(41)46)22-12-16(36)5-9-25(22)42/h5-7,9-12,14,19,21,23,28-29,42H,8,13H2,1-4H3. The SMILES string of the molecule is Cc1c(-c2cc(N3C(=O)C4CC5C(=CCC6C(=O)N(C)C(=O)C65)C(c5cc(Cl)ccc5O)C4(C)C3=O)n(C)n2)sc2ccc(Cl)cc12. The Kier molecular flexibility index (Phi) is 6.62. The minimum Gasteiger partial charge on any atom is -0.508 e. The van der Waals surface area contributed by atoms with Gasteiger partial charge in [-0.25, -0.2) is 4.90 Å². The van der Waals surface area contributed by atoms with Crippen molar-refractivity contribution in [1.29, 1.82) is 0 Å². The fraction of sp³-hybridized carbons (Fsp3) is 0.343. The normalized spacial score (nSPS) is 28.6. The van der Waals surface area contributed by atoms with Crippen molar-refractivity contribution >= 4 is 74.1 Å². The number of carbonyl (C=O) groups excluding carboxylic acids is 4. The van der Waals surface area contributed by atoms with Crippen LogP contribution in [-0.4, -0.2) is 50.5 Å². The summed E-state index contributed by atoms with van der Waals surface area (Å²) < 4.78 is 2.59. The molecular weight excluding hydrogens is 659 g/mol. The van der Waals surface area contributed by atoms with E-state index >= 15 is 0 Å². The van der Waals surface area contributed by atoms with Gasteiger partial charge >= 0.3 is 0 Å². The lowest BCUT2D eigenvalue weighted by molar-refractivity contribution is -0.138. The number of phenols is 1. The highest BCUT2D eigenvalue weighted by Crippen LogP contribution is 2.64. The number of rotatable bonds is 3. The third-order valence-electron chi connectivity index (χ3n) is 11.0. The number of imide groups is 2. The lowest BCUT2D eigenvalue weighted by Crippen LogP contribution is -2.48. The second-order valence-corrected chi connectivity index (χ2v) is 15.2. The number of carbonyl (C=O) groups is 4. The molecule has 0 spiro atoms. The molecule has 2 aromatic carbocycles. The number of aromatic hydroxyl groups is 1. The van der Waals surface area contributed by atoms with Gasteiger partial charge in [-0.1, -0.05) is 34.9 Å². The van der Waals surface area contributed by atoms with Gasteiger partial charge in [-0.15, -0.1) is 11.3 Å². The van der Waals surface area contributed by atoms with Crippen LogP contribution >= 0.6 is 34.5 Å². The summed E-state index contributed by atoms with van der Waals surface area (Å²) in [6.07, 6.45) is 2.50. The van der Waals surface area contributed by atoms with Gasteiger partial charge in [0, 0.05) is 46.4 Å². The molecule has 4 amide bonds. The number of benzene rings is 2. The number of halogens is 2. The van der Waals surface area contributed by atoms with Crippen molar-refractivity contribution in [2.75, 3.05) is 11.9 Å². The summed E-state index contributed by atoms with van der Waals surface area (Å²) in [6.45, 7) is 3.77. The number of likely N-dealkylation sites (tertiary alicyclic amines) is 1. The zero-order valence-electron chi connectivity index (χ0n) is 26.0. The van der Waals surface area contributed by atoms with Crippen molar-refractivity contribution in [3.63, 3.8) is 0 Å². The van der Waals surface area contributed by atoms with Gasteiger partial charge in [0.1, 0.15) is 17.3 Å². The number of allylic oxidation sites excluding steroid dienone is 2. The summed E-state index contributed by atoms with van der Waals surface area (Å²) in [5.74, 6) is -4.30. The molecule has 2 aliphatic heterocycles. The maximum absolute atomic E-state index is 14.8. The minimum atomic E-state index is -1.32. The van der Waals surface area contributed by atoms with Gasteiger partial charge in [0.15, 0.2) is 0 Å². The lowest BCUT2D eigenvalue weighted by Gasteiger charge is -2.49. The van der Waals surface area contributed by atoms with Crippen molar-refractivity contribution < 1.29 is 24.3 Å². The summed E-state index contributed by atoms with van der Waals surface area (Å²) in [4.78, 5) is 59.3. The third kappa shape index (κ3) is 4.04. The Balaban J connectivity index is 1.27. The molecular formula is C35H30Cl2N4O5S. The van der Waals surface area contributed by atoms with Crippen LogP contribution in [-0.2, 0) is 26.2 Å². The Hall–Kier alpha value is -3.99. The predicted molar refractivity (Wildman–Crippen MR) is 179 cm³/mol. The molecule has 9 nitrogen and oxygen atoms in total. The molecule has 240 valence electrons. The van der Waals surface area contributed by atoms with Crippen LogP contribution in [0.25, 0.3) is 20.7 Å². The van der Waals surface area contributed by atoms with Crippen molar-refractivity contribution in [1.82, 2.24) is 14.7 Å². The van der Waals surface area contributed by atoms with E-state index < -0.39 is 46.8 Å². The van der Waals surface area contributed by atoms with Crippen LogP contribution < -0.4 is 4.90 Å². The summed E-state index contributed by atoms with van der Waals surface area (Å²) in [5.41, 5.74) is 1.50. The number of phenolic OH excluding ortho intramolecular Hbond substituents is 1. The number of nitrogens with zero attached hydrogens (tertiary/aromatic N) is 4. The van der Waals surface area contributed by atoms with Gasteiger partial charge in [0.25, 0.3) is 0 Å². The number of thiophene rings is 1. The summed E-state index contributed by atoms with van der Waals surface area (Å²) in [6, 6.07) is 12.2. The molecule has 47 heavy (non-hydrogen) atoms. The largest absolute Gasteiger partial charge is 0.508 e. The van der Waals surface area contributed by atoms with E-state index in [1.165, 1.54) is 22.9 Å². The molecule has 0 radical (unpaired) electrons. The fourth-order valence-corrected chi connectivity index (χ4v) is 10.2. The lowest BCUT2D eigenvalue weighted by atomic mass is 9.51. The molecule has 1 saturated carbocycles. The first-order chi connectivity index (χ1) is 22.3. The first-order valence-corrected chi connectivity index (χ1v) is 17.0. The molecule has 4 aliphatic rings. The fourth-order valence-electron chi connectivity index (χ4n) is 8.71. The maximum Gasteiger partial charge on any atom is 0.242 e. The average molecular weight is 690 g/mol. The Morgan fingerprint density at radius 2 is 1.68 bits per heavy atom. The molecule has 8 rings (SSSR count). The van der Waals surface area contributed by atoms with Crippen LogP contribution in [0.15, 0.2) is 54.1 Å². The summed E-state index contributed by atoms with van der Waals surface area (Å²) in [5, 5.41) is 18.0. The zero-order chi connectivity index (χ0) is 33.3.